The maximum atomic E-state index is 12.5. The van der Waals surface area contributed by atoms with Crippen molar-refractivity contribution in [3.05, 3.63) is 58.2 Å². The second kappa shape index (κ2) is 5.49. The van der Waals surface area contributed by atoms with Crippen LogP contribution in [0.3, 0.4) is 0 Å². The molecule has 102 valence electrons. The van der Waals surface area contributed by atoms with Gasteiger partial charge in [-0.25, -0.2) is 4.68 Å². The van der Waals surface area contributed by atoms with Crippen molar-refractivity contribution in [1.82, 2.24) is 9.36 Å². The van der Waals surface area contributed by atoms with E-state index in [-0.39, 0.29) is 5.56 Å². The number of benzene rings is 1. The zero-order chi connectivity index (χ0) is 14.7. The summed E-state index contributed by atoms with van der Waals surface area (Å²) in [6, 6.07) is 11.4. The van der Waals surface area contributed by atoms with Crippen molar-refractivity contribution in [3.8, 4) is 11.8 Å². The molecule has 5 heteroatoms. The molecule has 1 heterocycles. The standard InChI is InChI=1S/C15H16N4O/c1-11(9-10-16)17-14-12(2)18(3)19(15(14)20)13-7-5-4-6-8-13/h4-9,17H,1-3H3/b11-9-. The molecular formula is C15H16N4O. The van der Waals surface area contributed by atoms with Crippen LogP contribution in [0, 0.1) is 18.3 Å². The van der Waals surface area contributed by atoms with Crippen LogP contribution in [-0.4, -0.2) is 9.36 Å². The lowest BCUT2D eigenvalue weighted by molar-refractivity contribution is 0.630. The van der Waals surface area contributed by atoms with E-state index in [2.05, 4.69) is 5.32 Å². The molecule has 0 saturated heterocycles. The fraction of sp³-hybridized carbons (Fsp3) is 0.200. The van der Waals surface area contributed by atoms with E-state index in [9.17, 15) is 4.79 Å². The maximum absolute atomic E-state index is 12.5. The average molecular weight is 268 g/mol. The van der Waals surface area contributed by atoms with Crippen LogP contribution in [0.25, 0.3) is 5.69 Å². The van der Waals surface area contributed by atoms with Crippen LogP contribution in [0.15, 0.2) is 46.9 Å². The normalized spacial score (nSPS) is 11.2. The molecule has 0 amide bonds. The van der Waals surface area contributed by atoms with Gasteiger partial charge >= 0.3 is 0 Å². The van der Waals surface area contributed by atoms with E-state index >= 15 is 0 Å². The van der Waals surface area contributed by atoms with E-state index in [1.165, 1.54) is 6.08 Å². The van der Waals surface area contributed by atoms with Crippen molar-refractivity contribution >= 4 is 5.69 Å². The van der Waals surface area contributed by atoms with Gasteiger partial charge in [0.1, 0.15) is 5.69 Å². The zero-order valence-corrected chi connectivity index (χ0v) is 11.7. The Labute approximate surface area is 117 Å². The van der Waals surface area contributed by atoms with E-state index in [0.29, 0.717) is 11.4 Å². The van der Waals surface area contributed by atoms with E-state index < -0.39 is 0 Å². The van der Waals surface area contributed by atoms with Gasteiger partial charge in [0.15, 0.2) is 0 Å². The van der Waals surface area contributed by atoms with Crippen molar-refractivity contribution < 1.29 is 0 Å². The summed E-state index contributed by atoms with van der Waals surface area (Å²) in [5, 5.41) is 11.6. The number of nitrogens with zero attached hydrogens (tertiary/aromatic N) is 3. The molecule has 2 aromatic rings. The Kier molecular flexibility index (Phi) is 3.76. The summed E-state index contributed by atoms with van der Waals surface area (Å²) in [5.41, 5.74) is 2.60. The number of nitrogens with one attached hydrogen (secondary N) is 1. The SMILES string of the molecule is C/C(=C/C#N)Nc1c(C)n(C)n(-c2ccccc2)c1=O. The quantitative estimate of drug-likeness (QED) is 0.869. The first kappa shape index (κ1) is 13.7. The molecule has 1 aromatic heterocycles. The van der Waals surface area contributed by atoms with E-state index in [4.69, 9.17) is 5.26 Å². The highest BCUT2D eigenvalue weighted by molar-refractivity contribution is 5.53. The highest BCUT2D eigenvalue weighted by Crippen LogP contribution is 2.15. The van der Waals surface area contributed by atoms with Gasteiger partial charge < -0.3 is 5.32 Å². The monoisotopic (exact) mass is 268 g/mol. The van der Waals surface area contributed by atoms with Crippen molar-refractivity contribution in [1.29, 1.82) is 5.26 Å². The minimum Gasteiger partial charge on any atom is -0.353 e. The van der Waals surface area contributed by atoms with Crippen LogP contribution in [0.5, 0.6) is 0 Å². The maximum Gasteiger partial charge on any atom is 0.295 e. The number of hydrogen-bond acceptors (Lipinski definition) is 3. The summed E-state index contributed by atoms with van der Waals surface area (Å²) in [5.74, 6) is 0. The molecule has 1 N–H and O–H groups in total. The predicted molar refractivity (Wildman–Crippen MR) is 78.7 cm³/mol. The third-order valence-corrected chi connectivity index (χ3v) is 3.16. The Bertz CT molecular complexity index is 745. The number of para-hydroxylation sites is 1. The second-order valence-corrected chi connectivity index (χ2v) is 4.52. The van der Waals surface area contributed by atoms with Crippen LogP contribution >= 0.6 is 0 Å². The highest BCUT2D eigenvalue weighted by atomic mass is 16.1. The van der Waals surface area contributed by atoms with E-state index in [1.807, 2.05) is 50.4 Å². The summed E-state index contributed by atoms with van der Waals surface area (Å²) in [6.07, 6.45) is 1.37. The molecule has 0 fully saturated rings. The van der Waals surface area contributed by atoms with Gasteiger partial charge in [0.05, 0.1) is 17.5 Å². The number of hydrogen-bond donors (Lipinski definition) is 1. The van der Waals surface area contributed by atoms with Gasteiger partial charge in [-0.05, 0) is 26.0 Å². The first-order valence-corrected chi connectivity index (χ1v) is 6.23. The number of nitriles is 1. The molecule has 0 radical (unpaired) electrons. The molecule has 0 aliphatic rings. The Morgan fingerprint density at radius 2 is 2.00 bits per heavy atom. The smallest absolute Gasteiger partial charge is 0.295 e. The fourth-order valence-electron chi connectivity index (χ4n) is 2.04. The lowest BCUT2D eigenvalue weighted by Crippen LogP contribution is -2.20. The van der Waals surface area contributed by atoms with Gasteiger partial charge in [0.25, 0.3) is 5.56 Å². The number of rotatable bonds is 3. The lowest BCUT2D eigenvalue weighted by atomic mass is 10.3. The van der Waals surface area contributed by atoms with Crippen LogP contribution in [0.4, 0.5) is 5.69 Å². The Morgan fingerprint density at radius 3 is 2.60 bits per heavy atom. The van der Waals surface area contributed by atoms with Crippen LogP contribution in [0.1, 0.15) is 12.6 Å². The molecule has 0 aliphatic carbocycles. The molecule has 0 spiro atoms. The molecule has 0 atom stereocenters. The minimum absolute atomic E-state index is 0.137. The van der Waals surface area contributed by atoms with Crippen LogP contribution in [-0.2, 0) is 7.05 Å². The number of aromatic nitrogens is 2. The molecule has 5 nitrogen and oxygen atoms in total. The minimum atomic E-state index is -0.137. The zero-order valence-electron chi connectivity index (χ0n) is 11.7. The molecule has 0 unspecified atom stereocenters. The summed E-state index contributed by atoms with van der Waals surface area (Å²) in [4.78, 5) is 12.5. The highest BCUT2D eigenvalue weighted by Gasteiger charge is 2.15. The Hall–Kier alpha value is -2.74. The molecule has 2 rings (SSSR count). The van der Waals surface area contributed by atoms with Gasteiger partial charge in [-0.2, -0.15) is 5.26 Å². The Morgan fingerprint density at radius 1 is 1.35 bits per heavy atom. The van der Waals surface area contributed by atoms with Crippen molar-refractivity contribution in [2.45, 2.75) is 13.8 Å². The topological polar surface area (TPSA) is 62.8 Å². The fourth-order valence-corrected chi connectivity index (χ4v) is 2.04. The Balaban J connectivity index is 2.56. The van der Waals surface area contributed by atoms with Gasteiger partial charge in [0, 0.05) is 18.8 Å². The van der Waals surface area contributed by atoms with Gasteiger partial charge in [0.2, 0.25) is 0 Å². The summed E-state index contributed by atoms with van der Waals surface area (Å²) in [6.45, 7) is 3.62. The van der Waals surface area contributed by atoms with Gasteiger partial charge in [-0.3, -0.25) is 9.48 Å². The average Bonchev–Trinajstić information content (AvgIpc) is 2.64. The van der Waals surface area contributed by atoms with Crippen molar-refractivity contribution in [2.75, 3.05) is 5.32 Å². The summed E-state index contributed by atoms with van der Waals surface area (Å²) in [7, 11) is 1.83. The summed E-state index contributed by atoms with van der Waals surface area (Å²) >= 11 is 0. The third-order valence-electron chi connectivity index (χ3n) is 3.16. The molecule has 0 saturated carbocycles. The van der Waals surface area contributed by atoms with Gasteiger partial charge in [-0.15, -0.1) is 0 Å². The molecular weight excluding hydrogens is 252 g/mol. The first-order valence-electron chi connectivity index (χ1n) is 6.23. The molecule has 20 heavy (non-hydrogen) atoms. The van der Waals surface area contributed by atoms with Crippen molar-refractivity contribution in [2.24, 2.45) is 7.05 Å². The predicted octanol–water partition coefficient (Wildman–Crippen LogP) is 2.32. The second-order valence-electron chi connectivity index (χ2n) is 4.52. The van der Waals surface area contributed by atoms with E-state index in [0.717, 1.165) is 11.4 Å². The van der Waals surface area contributed by atoms with Crippen LogP contribution < -0.4 is 10.9 Å². The lowest BCUT2D eigenvalue weighted by Gasteiger charge is -2.07. The molecule has 1 aromatic carbocycles. The molecule has 0 aliphatic heterocycles. The number of anilines is 1. The third kappa shape index (κ3) is 2.36. The van der Waals surface area contributed by atoms with Gasteiger partial charge in [-0.1, -0.05) is 18.2 Å². The van der Waals surface area contributed by atoms with E-state index in [1.54, 1.807) is 16.3 Å². The largest absolute Gasteiger partial charge is 0.353 e. The number of allylic oxidation sites excluding steroid dienone is 2. The summed E-state index contributed by atoms with van der Waals surface area (Å²) < 4.78 is 3.39. The van der Waals surface area contributed by atoms with Crippen LogP contribution in [0.2, 0.25) is 0 Å². The molecule has 0 bridgehead atoms. The first-order chi connectivity index (χ1) is 9.56. The van der Waals surface area contributed by atoms with Crippen molar-refractivity contribution in [3.63, 3.8) is 0 Å².